The lowest BCUT2D eigenvalue weighted by Crippen LogP contribution is -2.59. The fourth-order valence-corrected chi connectivity index (χ4v) is 8.15. The molecule has 1 saturated carbocycles. The summed E-state index contributed by atoms with van der Waals surface area (Å²) in [5.74, 6) is -3.84. The van der Waals surface area contributed by atoms with Crippen molar-refractivity contribution in [1.82, 2.24) is 25.8 Å². The molecule has 1 heterocycles. The first kappa shape index (κ1) is 44.8. The SMILES string of the molecule is CC[C@H](C)[C@@H]([C@@H](CC(=O)N1C2C[C@H]2C[C@H]1[C@H](OC)[C@@H](C)C(=O)N[C@@H](Cc1cccc(F)c1)C(=O)O)OC)N(C)C(=O)[C@@H](NC(=O)[C@@H](NC)C(C)C)C(C)C. The van der Waals surface area contributed by atoms with Crippen molar-refractivity contribution in [1.29, 1.82) is 0 Å². The lowest BCUT2D eigenvalue weighted by atomic mass is 9.89. The first-order valence-corrected chi connectivity index (χ1v) is 19.3. The number of carboxylic acid groups (broad SMARTS) is 1. The average molecular weight is 762 g/mol. The minimum absolute atomic E-state index is 0.0105. The first-order chi connectivity index (χ1) is 25.4. The maximum atomic E-state index is 14.4. The minimum Gasteiger partial charge on any atom is -0.480 e. The largest absolute Gasteiger partial charge is 0.480 e. The quantitative estimate of drug-likeness (QED) is 0.147. The summed E-state index contributed by atoms with van der Waals surface area (Å²) in [6.07, 6.45) is 0.626. The van der Waals surface area contributed by atoms with E-state index in [1.54, 1.807) is 32.0 Å². The second-order valence-corrected chi connectivity index (χ2v) is 15.9. The zero-order valence-corrected chi connectivity index (χ0v) is 33.9. The van der Waals surface area contributed by atoms with Crippen LogP contribution in [-0.2, 0) is 39.9 Å². The third-order valence-corrected chi connectivity index (χ3v) is 11.5. The molecule has 0 aromatic heterocycles. The summed E-state index contributed by atoms with van der Waals surface area (Å²) in [5.41, 5.74) is 0.431. The normalized spacial score (nSPS) is 22.3. The van der Waals surface area contributed by atoms with Crippen molar-refractivity contribution in [3.8, 4) is 0 Å². The summed E-state index contributed by atoms with van der Waals surface area (Å²) in [7, 11) is 6.42. The number of amides is 4. The Labute approximate surface area is 320 Å². The molecule has 1 aromatic rings. The monoisotopic (exact) mass is 761 g/mol. The number of hydrogen-bond acceptors (Lipinski definition) is 8. The standard InChI is InChI=1S/C40H64FN5O8/c1-12-23(6)35(45(9)39(50)34(22(4)5)44-38(49)33(42-8)21(2)3)31(53-10)20-32(47)46-29-18-26(29)19-30(46)36(54-11)24(7)37(48)43-28(40(51)52)17-25-14-13-15-27(41)16-25/h13-16,21-24,26,28-31,33-36,42H,12,17-20H2,1-11H3,(H,43,48)(H,44,49)(H,51,52)/t23-,24+,26-,28-,29?,30-,31+,33-,34-,35-,36+/m0/s1. The van der Waals surface area contributed by atoms with Crippen LogP contribution in [0, 0.1) is 35.4 Å². The molecule has 14 heteroatoms. The third kappa shape index (κ3) is 10.8. The Morgan fingerprint density at radius 1 is 0.963 bits per heavy atom. The molecule has 4 amide bonds. The van der Waals surface area contributed by atoms with Crippen LogP contribution in [0.3, 0.4) is 0 Å². The van der Waals surface area contributed by atoms with Crippen LogP contribution in [0.5, 0.6) is 0 Å². The number of carboxylic acids is 1. The molecule has 0 bridgehead atoms. The van der Waals surface area contributed by atoms with E-state index in [-0.39, 0.29) is 60.3 Å². The number of likely N-dealkylation sites (tertiary alicyclic amines) is 1. The van der Waals surface area contributed by atoms with Gasteiger partial charge in [0.25, 0.3) is 0 Å². The molecule has 2 aliphatic rings. The number of likely N-dealkylation sites (N-methyl/N-ethyl adjacent to an activating group) is 2. The molecule has 1 aliphatic heterocycles. The van der Waals surface area contributed by atoms with E-state index in [1.165, 1.54) is 32.4 Å². The van der Waals surface area contributed by atoms with E-state index in [4.69, 9.17) is 9.47 Å². The van der Waals surface area contributed by atoms with Crippen LogP contribution in [0.25, 0.3) is 0 Å². The number of benzene rings is 1. The number of nitrogens with one attached hydrogen (secondary N) is 3. The Kier molecular flexibility index (Phi) is 16.4. The van der Waals surface area contributed by atoms with E-state index in [9.17, 15) is 33.5 Å². The van der Waals surface area contributed by atoms with Gasteiger partial charge in [-0.1, -0.05) is 67.0 Å². The van der Waals surface area contributed by atoms with Gasteiger partial charge in [-0.05, 0) is 61.3 Å². The molecular weight excluding hydrogens is 697 g/mol. The fraction of sp³-hybridized carbons (Fsp3) is 0.725. The fourth-order valence-electron chi connectivity index (χ4n) is 8.15. The zero-order chi connectivity index (χ0) is 40.6. The lowest BCUT2D eigenvalue weighted by Gasteiger charge is -2.41. The van der Waals surface area contributed by atoms with Gasteiger partial charge >= 0.3 is 5.97 Å². The molecule has 13 nitrogen and oxygen atoms in total. The average Bonchev–Trinajstić information content (AvgIpc) is 3.78. The van der Waals surface area contributed by atoms with E-state index in [0.717, 1.165) is 6.42 Å². The molecule has 1 saturated heterocycles. The highest BCUT2D eigenvalue weighted by Crippen LogP contribution is 2.50. The molecule has 2 fully saturated rings. The van der Waals surface area contributed by atoms with Crippen LogP contribution in [0.15, 0.2) is 24.3 Å². The van der Waals surface area contributed by atoms with E-state index in [0.29, 0.717) is 18.4 Å². The molecule has 0 radical (unpaired) electrons. The van der Waals surface area contributed by atoms with Crippen molar-refractivity contribution in [3.63, 3.8) is 0 Å². The van der Waals surface area contributed by atoms with Gasteiger partial charge in [-0.25, -0.2) is 9.18 Å². The van der Waals surface area contributed by atoms with Crippen molar-refractivity contribution in [2.45, 2.75) is 129 Å². The zero-order valence-electron chi connectivity index (χ0n) is 33.9. The van der Waals surface area contributed by atoms with Gasteiger partial charge in [0.15, 0.2) is 0 Å². The Balaban J connectivity index is 1.80. The third-order valence-electron chi connectivity index (χ3n) is 11.5. The molecule has 3 rings (SSSR count). The van der Waals surface area contributed by atoms with Gasteiger partial charge in [-0.3, -0.25) is 19.2 Å². The molecule has 1 aromatic carbocycles. The Bertz CT molecular complexity index is 1460. The number of carbonyl (C=O) groups is 5. The number of piperidine rings is 1. The number of ether oxygens (including phenoxy) is 2. The van der Waals surface area contributed by atoms with Crippen LogP contribution in [0.4, 0.5) is 4.39 Å². The van der Waals surface area contributed by atoms with Crippen molar-refractivity contribution < 1.29 is 42.9 Å². The molecule has 1 unspecified atom stereocenters. The number of carbonyl (C=O) groups excluding carboxylic acids is 4. The van der Waals surface area contributed by atoms with Crippen molar-refractivity contribution in [3.05, 3.63) is 35.6 Å². The highest BCUT2D eigenvalue weighted by molar-refractivity contribution is 5.90. The number of methoxy groups -OCH3 is 2. The number of hydrogen-bond donors (Lipinski definition) is 4. The van der Waals surface area contributed by atoms with Gasteiger partial charge in [0.1, 0.15) is 17.9 Å². The van der Waals surface area contributed by atoms with Crippen LogP contribution < -0.4 is 16.0 Å². The van der Waals surface area contributed by atoms with Gasteiger partial charge in [0.05, 0.1) is 42.7 Å². The van der Waals surface area contributed by atoms with Crippen molar-refractivity contribution in [2.24, 2.45) is 29.6 Å². The molecule has 11 atom stereocenters. The van der Waals surface area contributed by atoms with Gasteiger partial charge < -0.3 is 40.3 Å². The summed E-state index contributed by atoms with van der Waals surface area (Å²) in [5, 5.41) is 18.5. The van der Waals surface area contributed by atoms with Gasteiger partial charge in [-0.2, -0.15) is 0 Å². The van der Waals surface area contributed by atoms with Crippen LogP contribution in [-0.4, -0.2) is 121 Å². The second kappa shape index (κ2) is 19.8. The van der Waals surface area contributed by atoms with Gasteiger partial charge in [0, 0.05) is 33.7 Å². The Morgan fingerprint density at radius 2 is 1.61 bits per heavy atom. The predicted octanol–water partition coefficient (Wildman–Crippen LogP) is 3.24. The van der Waals surface area contributed by atoms with Gasteiger partial charge in [0.2, 0.25) is 23.6 Å². The van der Waals surface area contributed by atoms with Crippen LogP contribution in [0.1, 0.15) is 79.7 Å². The molecule has 1 aliphatic carbocycles. The highest BCUT2D eigenvalue weighted by atomic mass is 19.1. The summed E-state index contributed by atoms with van der Waals surface area (Å²) in [6, 6.07) is 2.06. The lowest BCUT2D eigenvalue weighted by molar-refractivity contribution is -0.149. The van der Waals surface area contributed by atoms with E-state index in [2.05, 4.69) is 16.0 Å². The number of nitrogens with zero attached hydrogens (tertiary/aromatic N) is 2. The van der Waals surface area contributed by atoms with E-state index in [1.807, 2.05) is 46.4 Å². The summed E-state index contributed by atoms with van der Waals surface area (Å²) >= 11 is 0. The van der Waals surface area contributed by atoms with E-state index < -0.39 is 66.0 Å². The summed E-state index contributed by atoms with van der Waals surface area (Å²) in [6.45, 7) is 13.3. The van der Waals surface area contributed by atoms with Gasteiger partial charge in [-0.15, -0.1) is 0 Å². The number of aliphatic carboxylic acids is 1. The summed E-state index contributed by atoms with van der Waals surface area (Å²) in [4.78, 5) is 70.8. The minimum atomic E-state index is -1.29. The highest BCUT2D eigenvalue weighted by Gasteiger charge is 2.57. The van der Waals surface area contributed by atoms with Crippen molar-refractivity contribution in [2.75, 3.05) is 28.3 Å². The molecule has 0 spiro atoms. The number of halogens is 1. The smallest absolute Gasteiger partial charge is 0.326 e. The van der Waals surface area contributed by atoms with Crippen LogP contribution in [0.2, 0.25) is 0 Å². The predicted molar refractivity (Wildman–Crippen MR) is 203 cm³/mol. The molecule has 4 N–H and O–H groups in total. The van der Waals surface area contributed by atoms with E-state index >= 15 is 0 Å². The Hall–Kier alpha value is -3.62. The molecule has 54 heavy (non-hydrogen) atoms. The van der Waals surface area contributed by atoms with Crippen LogP contribution >= 0.6 is 0 Å². The topological polar surface area (TPSA) is 167 Å². The maximum absolute atomic E-state index is 14.4. The molecular formula is C40H64FN5O8. The maximum Gasteiger partial charge on any atom is 0.326 e. The Morgan fingerprint density at radius 3 is 2.13 bits per heavy atom. The summed E-state index contributed by atoms with van der Waals surface area (Å²) < 4.78 is 25.7. The number of rotatable bonds is 21. The molecule has 304 valence electrons. The van der Waals surface area contributed by atoms with Crippen molar-refractivity contribution >= 4 is 29.6 Å². The first-order valence-electron chi connectivity index (χ1n) is 19.3. The second-order valence-electron chi connectivity index (χ2n) is 15.9. The number of fused-ring (bicyclic) bond motifs is 1.